The quantitative estimate of drug-likeness (QED) is 0.880. The van der Waals surface area contributed by atoms with Crippen molar-refractivity contribution in [3.8, 4) is 0 Å². The third-order valence-corrected chi connectivity index (χ3v) is 4.02. The molecule has 20 heavy (non-hydrogen) atoms. The van der Waals surface area contributed by atoms with Crippen LogP contribution in [0.2, 0.25) is 0 Å². The van der Waals surface area contributed by atoms with Gasteiger partial charge in [0.15, 0.2) is 0 Å². The third kappa shape index (κ3) is 2.90. The van der Waals surface area contributed by atoms with Crippen molar-refractivity contribution in [2.45, 2.75) is 39.2 Å². The fourth-order valence-electron chi connectivity index (χ4n) is 2.96. The number of carboxylic acids is 1. The van der Waals surface area contributed by atoms with Crippen molar-refractivity contribution >= 4 is 5.97 Å². The van der Waals surface area contributed by atoms with Crippen LogP contribution < -0.4 is 5.69 Å². The summed E-state index contributed by atoms with van der Waals surface area (Å²) >= 11 is 0. The number of nitrogens with zero attached hydrogens (tertiary/aromatic N) is 3. The van der Waals surface area contributed by atoms with E-state index in [9.17, 15) is 9.59 Å². The zero-order valence-corrected chi connectivity index (χ0v) is 12.2. The van der Waals surface area contributed by atoms with E-state index in [4.69, 9.17) is 5.11 Å². The van der Waals surface area contributed by atoms with Gasteiger partial charge in [-0.1, -0.05) is 0 Å². The molecule has 1 unspecified atom stereocenters. The first-order chi connectivity index (χ1) is 9.40. The van der Waals surface area contributed by atoms with Crippen molar-refractivity contribution in [1.29, 1.82) is 0 Å². The number of hydrogen-bond acceptors (Lipinski definition) is 4. The van der Waals surface area contributed by atoms with E-state index in [1.54, 1.807) is 11.5 Å². The van der Waals surface area contributed by atoms with Gasteiger partial charge < -0.3 is 10.0 Å². The molecule has 0 aliphatic carbocycles. The van der Waals surface area contributed by atoms with Crippen molar-refractivity contribution in [2.75, 3.05) is 20.1 Å². The Kier molecular flexibility index (Phi) is 4.23. The van der Waals surface area contributed by atoms with Gasteiger partial charge in [-0.3, -0.25) is 9.36 Å². The van der Waals surface area contributed by atoms with E-state index in [2.05, 4.69) is 9.88 Å². The Morgan fingerprint density at radius 2 is 2.15 bits per heavy atom. The molecule has 0 saturated carbocycles. The van der Waals surface area contributed by atoms with Gasteiger partial charge in [-0.05, 0) is 45.8 Å². The first-order valence-electron chi connectivity index (χ1n) is 6.89. The van der Waals surface area contributed by atoms with Gasteiger partial charge in [0.2, 0.25) is 0 Å². The Morgan fingerprint density at radius 3 is 2.70 bits per heavy atom. The minimum Gasteiger partial charge on any atom is -0.481 e. The summed E-state index contributed by atoms with van der Waals surface area (Å²) in [7, 11) is 2.04. The van der Waals surface area contributed by atoms with Crippen molar-refractivity contribution in [2.24, 2.45) is 0 Å². The lowest BCUT2D eigenvalue weighted by Crippen LogP contribution is -2.32. The number of aliphatic carboxylic acids is 1. The van der Waals surface area contributed by atoms with E-state index < -0.39 is 5.97 Å². The number of aromatic nitrogens is 2. The van der Waals surface area contributed by atoms with Gasteiger partial charge >= 0.3 is 11.7 Å². The molecule has 0 bridgehead atoms. The van der Waals surface area contributed by atoms with Crippen LogP contribution in [0, 0.1) is 13.8 Å². The first-order valence-corrected chi connectivity index (χ1v) is 6.89. The molecular weight excluding hydrogens is 258 g/mol. The molecule has 6 heteroatoms. The molecule has 1 aliphatic heterocycles. The molecule has 1 saturated heterocycles. The average molecular weight is 279 g/mol. The molecular formula is C14H21N3O3. The monoisotopic (exact) mass is 279 g/mol. The van der Waals surface area contributed by atoms with Crippen molar-refractivity contribution < 1.29 is 9.90 Å². The maximum absolute atomic E-state index is 12.2. The Labute approximate surface area is 118 Å². The van der Waals surface area contributed by atoms with Crippen LogP contribution in [0.15, 0.2) is 4.79 Å². The predicted octanol–water partition coefficient (Wildman–Crippen LogP) is 0.754. The minimum absolute atomic E-state index is 0.0616. The van der Waals surface area contributed by atoms with Crippen LogP contribution in [-0.4, -0.2) is 45.7 Å². The van der Waals surface area contributed by atoms with E-state index in [-0.39, 0.29) is 18.2 Å². The summed E-state index contributed by atoms with van der Waals surface area (Å²) in [5.74, 6) is -0.831. The maximum atomic E-state index is 12.2. The highest BCUT2D eigenvalue weighted by molar-refractivity contribution is 5.67. The summed E-state index contributed by atoms with van der Waals surface area (Å²) in [6, 6.07) is 0.143. The van der Waals surface area contributed by atoms with E-state index in [1.165, 1.54) is 0 Å². The molecule has 1 fully saturated rings. The standard InChI is InChI=1S/C14H21N3O3/c1-9-12(4-5-13(18)19)10(2)17(14(20)15-9)11-6-7-16(3)8-11/h11H,4-8H2,1-3H3,(H,18,19). The molecule has 1 N–H and O–H groups in total. The van der Waals surface area contributed by atoms with Crippen LogP contribution in [0.5, 0.6) is 0 Å². The zero-order valence-electron chi connectivity index (χ0n) is 12.2. The second kappa shape index (κ2) is 5.75. The molecule has 0 amide bonds. The molecule has 1 atom stereocenters. The summed E-state index contributed by atoms with van der Waals surface area (Å²) in [4.78, 5) is 29.2. The van der Waals surface area contributed by atoms with Crippen molar-refractivity contribution in [3.05, 3.63) is 27.4 Å². The fourth-order valence-corrected chi connectivity index (χ4v) is 2.96. The molecule has 2 rings (SSSR count). The van der Waals surface area contributed by atoms with Crippen LogP contribution in [0.1, 0.15) is 35.8 Å². The second-order valence-electron chi connectivity index (χ2n) is 5.51. The van der Waals surface area contributed by atoms with Crippen molar-refractivity contribution in [3.63, 3.8) is 0 Å². The van der Waals surface area contributed by atoms with E-state index in [0.29, 0.717) is 12.1 Å². The number of likely N-dealkylation sites (tertiary alicyclic amines) is 1. The van der Waals surface area contributed by atoms with Crippen LogP contribution in [0.3, 0.4) is 0 Å². The summed E-state index contributed by atoms with van der Waals surface area (Å²) in [6.07, 6.45) is 1.41. The first kappa shape index (κ1) is 14.7. The lowest BCUT2D eigenvalue weighted by Gasteiger charge is -2.20. The van der Waals surface area contributed by atoms with Gasteiger partial charge in [0.1, 0.15) is 0 Å². The summed E-state index contributed by atoms with van der Waals surface area (Å²) in [5.41, 5.74) is 2.18. The third-order valence-electron chi connectivity index (χ3n) is 4.02. The molecule has 0 aromatic carbocycles. The van der Waals surface area contributed by atoms with Crippen molar-refractivity contribution in [1.82, 2.24) is 14.5 Å². The number of rotatable bonds is 4. The number of likely N-dealkylation sites (N-methyl/N-ethyl adjacent to an activating group) is 1. The molecule has 0 spiro atoms. The topological polar surface area (TPSA) is 75.4 Å². The smallest absolute Gasteiger partial charge is 0.348 e. The highest BCUT2D eigenvalue weighted by atomic mass is 16.4. The number of carboxylic acid groups (broad SMARTS) is 1. The van der Waals surface area contributed by atoms with Crippen LogP contribution in [-0.2, 0) is 11.2 Å². The molecule has 110 valence electrons. The molecule has 0 radical (unpaired) electrons. The number of hydrogen-bond donors (Lipinski definition) is 1. The molecule has 1 aliphatic rings. The Morgan fingerprint density at radius 1 is 1.45 bits per heavy atom. The van der Waals surface area contributed by atoms with E-state index in [0.717, 1.165) is 30.8 Å². The molecule has 6 nitrogen and oxygen atoms in total. The van der Waals surface area contributed by atoms with Crippen LogP contribution >= 0.6 is 0 Å². The molecule has 2 heterocycles. The highest BCUT2D eigenvalue weighted by Gasteiger charge is 2.25. The van der Waals surface area contributed by atoms with Gasteiger partial charge in [-0.2, -0.15) is 4.98 Å². The summed E-state index contributed by atoms with van der Waals surface area (Å²) < 4.78 is 1.74. The van der Waals surface area contributed by atoms with E-state index in [1.807, 2.05) is 14.0 Å². The van der Waals surface area contributed by atoms with Gasteiger partial charge in [0.25, 0.3) is 0 Å². The Balaban J connectivity index is 2.39. The lowest BCUT2D eigenvalue weighted by atomic mass is 10.1. The van der Waals surface area contributed by atoms with E-state index >= 15 is 0 Å². The predicted molar refractivity (Wildman–Crippen MR) is 75.1 cm³/mol. The second-order valence-corrected chi connectivity index (χ2v) is 5.51. The summed E-state index contributed by atoms with van der Waals surface area (Å²) in [5, 5.41) is 8.83. The van der Waals surface area contributed by atoms with Gasteiger partial charge in [-0.15, -0.1) is 0 Å². The fraction of sp³-hybridized carbons (Fsp3) is 0.643. The van der Waals surface area contributed by atoms with Gasteiger partial charge in [0.05, 0.1) is 6.04 Å². The SMILES string of the molecule is Cc1nc(=O)n(C2CCN(C)C2)c(C)c1CCC(=O)O. The van der Waals surface area contributed by atoms with Crippen LogP contribution in [0.25, 0.3) is 0 Å². The maximum Gasteiger partial charge on any atom is 0.348 e. The minimum atomic E-state index is -0.831. The highest BCUT2D eigenvalue weighted by Crippen LogP contribution is 2.22. The lowest BCUT2D eigenvalue weighted by molar-refractivity contribution is -0.136. The normalized spacial score (nSPS) is 19.4. The number of carbonyl (C=O) groups is 1. The largest absolute Gasteiger partial charge is 0.481 e. The Hall–Kier alpha value is -1.69. The average Bonchev–Trinajstić information content (AvgIpc) is 2.74. The van der Waals surface area contributed by atoms with Gasteiger partial charge in [-0.25, -0.2) is 4.79 Å². The summed E-state index contributed by atoms with van der Waals surface area (Å²) in [6.45, 7) is 5.47. The Bertz CT molecular complexity index is 580. The molecule has 1 aromatic heterocycles. The van der Waals surface area contributed by atoms with Gasteiger partial charge in [0, 0.05) is 24.4 Å². The van der Waals surface area contributed by atoms with Crippen LogP contribution in [0.4, 0.5) is 0 Å². The molecule has 1 aromatic rings. The zero-order chi connectivity index (χ0) is 14.9. The number of aryl methyl sites for hydroxylation is 1.